The average molecular weight is 296 g/mol. The maximum absolute atomic E-state index is 5.72. The molecule has 1 heterocycles. The Bertz CT molecular complexity index is 452. The van der Waals surface area contributed by atoms with Gasteiger partial charge >= 0.3 is 0 Å². The van der Waals surface area contributed by atoms with E-state index in [9.17, 15) is 0 Å². The van der Waals surface area contributed by atoms with Crippen molar-refractivity contribution in [1.82, 2.24) is 0 Å². The highest BCUT2D eigenvalue weighted by molar-refractivity contribution is 9.10. The van der Waals surface area contributed by atoms with E-state index in [1.807, 2.05) is 6.07 Å². The van der Waals surface area contributed by atoms with Crippen LogP contribution in [0.3, 0.4) is 0 Å². The second-order valence-corrected chi connectivity index (χ2v) is 5.99. The molecule has 0 atom stereocenters. The summed E-state index contributed by atoms with van der Waals surface area (Å²) in [5, 5.41) is 0. The van der Waals surface area contributed by atoms with Crippen LogP contribution in [0.25, 0.3) is 0 Å². The minimum atomic E-state index is -0.0914. The summed E-state index contributed by atoms with van der Waals surface area (Å²) < 4.78 is 6.83. The van der Waals surface area contributed by atoms with E-state index < -0.39 is 0 Å². The molecule has 92 valence electrons. The van der Waals surface area contributed by atoms with Gasteiger partial charge in [0.25, 0.3) is 0 Å². The molecule has 2 rings (SSSR count). The second-order valence-electron chi connectivity index (χ2n) is 5.07. The molecule has 0 aromatic heterocycles. The van der Waals surface area contributed by atoms with Gasteiger partial charge in [-0.05, 0) is 44.0 Å². The predicted octanol–water partition coefficient (Wildman–Crippen LogP) is 3.96. The largest absolute Gasteiger partial charge is 0.475 e. The summed E-state index contributed by atoms with van der Waals surface area (Å²) >= 11 is 3.52. The maximum Gasteiger partial charge on any atom is 0.217 e. The van der Waals surface area contributed by atoms with E-state index in [1.165, 1.54) is 5.56 Å². The third-order valence-electron chi connectivity index (χ3n) is 2.78. The second kappa shape index (κ2) is 4.81. The van der Waals surface area contributed by atoms with E-state index in [0.717, 1.165) is 28.8 Å². The van der Waals surface area contributed by atoms with E-state index in [0.29, 0.717) is 6.61 Å². The molecule has 0 aliphatic carbocycles. The molecule has 2 nitrogen and oxygen atoms in total. The molecule has 1 aliphatic rings. The third kappa shape index (κ3) is 2.89. The quantitative estimate of drug-likeness (QED) is 0.827. The Hall–Kier alpha value is -0.830. The number of aliphatic imine (C=N–C) groups is 1. The lowest BCUT2D eigenvalue weighted by atomic mass is 10.0. The van der Waals surface area contributed by atoms with Crippen molar-refractivity contribution < 1.29 is 4.74 Å². The van der Waals surface area contributed by atoms with Crippen molar-refractivity contribution in [2.24, 2.45) is 4.99 Å². The number of rotatable bonds is 3. The molecule has 3 heteroatoms. The molecule has 0 radical (unpaired) electrons. The molecule has 1 aromatic rings. The zero-order chi connectivity index (χ0) is 12.5. The van der Waals surface area contributed by atoms with Crippen LogP contribution in [-0.4, -0.2) is 18.0 Å². The van der Waals surface area contributed by atoms with Gasteiger partial charge in [-0.25, -0.2) is 4.99 Å². The Morgan fingerprint density at radius 3 is 2.76 bits per heavy atom. The van der Waals surface area contributed by atoms with Gasteiger partial charge in [-0.1, -0.05) is 29.3 Å². The van der Waals surface area contributed by atoms with Crippen molar-refractivity contribution in [2.75, 3.05) is 6.61 Å². The molecule has 0 spiro atoms. The van der Waals surface area contributed by atoms with Crippen LogP contribution < -0.4 is 0 Å². The van der Waals surface area contributed by atoms with Gasteiger partial charge in [0.1, 0.15) is 6.61 Å². The highest BCUT2D eigenvalue weighted by Crippen LogP contribution is 2.25. The van der Waals surface area contributed by atoms with Crippen LogP contribution in [0.5, 0.6) is 0 Å². The SMILES string of the molecule is CCCc1cc(Br)ccc1C1=NC(C)(C)CO1. The van der Waals surface area contributed by atoms with Gasteiger partial charge in [0.05, 0.1) is 5.54 Å². The van der Waals surface area contributed by atoms with Gasteiger partial charge in [-0.15, -0.1) is 0 Å². The molecule has 0 saturated carbocycles. The van der Waals surface area contributed by atoms with Crippen LogP contribution in [0, 0.1) is 0 Å². The van der Waals surface area contributed by atoms with Gasteiger partial charge in [0.2, 0.25) is 5.90 Å². The van der Waals surface area contributed by atoms with Crippen molar-refractivity contribution in [3.8, 4) is 0 Å². The van der Waals surface area contributed by atoms with Crippen molar-refractivity contribution in [2.45, 2.75) is 39.2 Å². The average Bonchev–Trinajstić information content (AvgIpc) is 2.59. The summed E-state index contributed by atoms with van der Waals surface area (Å²) in [6, 6.07) is 6.30. The Labute approximate surface area is 111 Å². The summed E-state index contributed by atoms with van der Waals surface area (Å²) in [6.45, 7) is 7.05. The molecule has 0 amide bonds. The normalized spacial score (nSPS) is 17.8. The number of halogens is 1. The van der Waals surface area contributed by atoms with Crippen molar-refractivity contribution in [3.63, 3.8) is 0 Å². The fourth-order valence-corrected chi connectivity index (χ4v) is 2.38. The Morgan fingerprint density at radius 2 is 2.18 bits per heavy atom. The molecular formula is C14H18BrNO. The van der Waals surface area contributed by atoms with Crippen LogP contribution in [-0.2, 0) is 11.2 Å². The number of hydrogen-bond acceptors (Lipinski definition) is 2. The van der Waals surface area contributed by atoms with Crippen LogP contribution in [0.2, 0.25) is 0 Å². The van der Waals surface area contributed by atoms with E-state index in [-0.39, 0.29) is 5.54 Å². The van der Waals surface area contributed by atoms with E-state index >= 15 is 0 Å². The number of aryl methyl sites for hydroxylation is 1. The highest BCUT2D eigenvalue weighted by Gasteiger charge is 2.27. The Balaban J connectivity index is 2.38. The smallest absolute Gasteiger partial charge is 0.217 e. The van der Waals surface area contributed by atoms with E-state index in [1.54, 1.807) is 0 Å². The van der Waals surface area contributed by atoms with Crippen LogP contribution in [0.1, 0.15) is 38.3 Å². The zero-order valence-corrected chi connectivity index (χ0v) is 12.2. The van der Waals surface area contributed by atoms with Gasteiger partial charge in [-0.2, -0.15) is 0 Å². The fourth-order valence-electron chi connectivity index (χ4n) is 1.97. The minimum Gasteiger partial charge on any atom is -0.475 e. The molecule has 1 aliphatic heterocycles. The topological polar surface area (TPSA) is 21.6 Å². The fraction of sp³-hybridized carbons (Fsp3) is 0.500. The first-order valence-electron chi connectivity index (χ1n) is 6.03. The zero-order valence-electron chi connectivity index (χ0n) is 10.6. The van der Waals surface area contributed by atoms with Crippen LogP contribution >= 0.6 is 15.9 Å². The minimum absolute atomic E-state index is 0.0914. The molecule has 0 unspecified atom stereocenters. The van der Waals surface area contributed by atoms with Gasteiger partial charge in [0.15, 0.2) is 0 Å². The molecule has 0 saturated heterocycles. The van der Waals surface area contributed by atoms with Crippen LogP contribution in [0.15, 0.2) is 27.7 Å². The Kier molecular flexibility index (Phi) is 3.57. The summed E-state index contributed by atoms with van der Waals surface area (Å²) in [7, 11) is 0. The third-order valence-corrected chi connectivity index (χ3v) is 3.28. The number of ether oxygens (including phenoxy) is 1. The monoisotopic (exact) mass is 295 g/mol. The summed E-state index contributed by atoms with van der Waals surface area (Å²) in [4.78, 5) is 4.64. The van der Waals surface area contributed by atoms with E-state index in [2.05, 4.69) is 53.8 Å². The first-order chi connectivity index (χ1) is 8.02. The summed E-state index contributed by atoms with van der Waals surface area (Å²) in [5.74, 6) is 0.797. The predicted molar refractivity (Wildman–Crippen MR) is 74.7 cm³/mol. The summed E-state index contributed by atoms with van der Waals surface area (Å²) in [6.07, 6.45) is 2.18. The van der Waals surface area contributed by atoms with Crippen molar-refractivity contribution in [1.29, 1.82) is 0 Å². The number of benzene rings is 1. The van der Waals surface area contributed by atoms with Gasteiger partial charge in [0, 0.05) is 10.0 Å². The Morgan fingerprint density at radius 1 is 1.41 bits per heavy atom. The summed E-state index contributed by atoms with van der Waals surface area (Å²) in [5.41, 5.74) is 2.35. The molecule has 17 heavy (non-hydrogen) atoms. The van der Waals surface area contributed by atoms with Gasteiger partial charge < -0.3 is 4.74 Å². The van der Waals surface area contributed by atoms with E-state index in [4.69, 9.17) is 4.74 Å². The van der Waals surface area contributed by atoms with Crippen molar-refractivity contribution in [3.05, 3.63) is 33.8 Å². The number of hydrogen-bond donors (Lipinski definition) is 0. The molecular weight excluding hydrogens is 278 g/mol. The van der Waals surface area contributed by atoms with Crippen molar-refractivity contribution >= 4 is 21.8 Å². The lowest BCUT2D eigenvalue weighted by Crippen LogP contribution is -2.17. The molecule has 0 fully saturated rings. The van der Waals surface area contributed by atoms with Gasteiger partial charge in [-0.3, -0.25) is 0 Å². The number of nitrogens with zero attached hydrogens (tertiary/aromatic N) is 1. The lowest BCUT2D eigenvalue weighted by molar-refractivity contribution is 0.279. The highest BCUT2D eigenvalue weighted by atomic mass is 79.9. The molecule has 0 bridgehead atoms. The molecule has 0 N–H and O–H groups in total. The molecule has 1 aromatic carbocycles. The standard InChI is InChI=1S/C14H18BrNO/c1-4-5-10-8-11(15)6-7-12(10)13-16-14(2,3)9-17-13/h6-8H,4-5,9H2,1-3H3. The first kappa shape index (κ1) is 12.6. The van der Waals surface area contributed by atoms with Crippen LogP contribution in [0.4, 0.5) is 0 Å². The maximum atomic E-state index is 5.72. The first-order valence-corrected chi connectivity index (χ1v) is 6.82. The lowest BCUT2D eigenvalue weighted by Gasteiger charge is -2.08.